The zero-order valence-corrected chi connectivity index (χ0v) is 18.1. The molecule has 9 heteroatoms. The summed E-state index contributed by atoms with van der Waals surface area (Å²) in [6, 6.07) is 14.9. The van der Waals surface area contributed by atoms with Crippen LogP contribution < -0.4 is 10.6 Å². The second-order valence-electron chi connectivity index (χ2n) is 7.74. The Morgan fingerprint density at radius 1 is 1.12 bits per heavy atom. The van der Waals surface area contributed by atoms with E-state index in [-0.39, 0.29) is 31.2 Å². The number of carboxylic acids is 1. The minimum Gasteiger partial charge on any atom is -0.480 e. The van der Waals surface area contributed by atoms with E-state index in [1.165, 1.54) is 12.4 Å². The number of carbonyl (C=O) groups is 3. The van der Waals surface area contributed by atoms with Gasteiger partial charge in [0.2, 0.25) is 5.91 Å². The highest BCUT2D eigenvalue weighted by Crippen LogP contribution is 2.44. The molecule has 1 aliphatic carbocycles. The number of nitrogens with zero attached hydrogens (tertiary/aromatic N) is 2. The summed E-state index contributed by atoms with van der Waals surface area (Å²) in [6.45, 7) is -0.242. The maximum atomic E-state index is 12.6. The summed E-state index contributed by atoms with van der Waals surface area (Å²) in [4.78, 5) is 35.9. The number of aliphatic carboxylic acids is 1. The summed E-state index contributed by atoms with van der Waals surface area (Å²) in [6.07, 6.45) is 7.22. The topological polar surface area (TPSA) is 123 Å². The Bertz CT molecular complexity index is 1230. The van der Waals surface area contributed by atoms with Gasteiger partial charge in [0, 0.05) is 18.5 Å². The van der Waals surface area contributed by atoms with Gasteiger partial charge in [-0.05, 0) is 22.3 Å². The molecule has 9 nitrogen and oxygen atoms in total. The molecule has 3 aromatic rings. The molecule has 0 fully saturated rings. The molecule has 34 heavy (non-hydrogen) atoms. The van der Waals surface area contributed by atoms with Crippen LogP contribution in [0.25, 0.3) is 11.1 Å². The van der Waals surface area contributed by atoms with Crippen LogP contribution in [0.3, 0.4) is 0 Å². The van der Waals surface area contributed by atoms with Gasteiger partial charge in [0.25, 0.3) is 0 Å². The van der Waals surface area contributed by atoms with Crippen LogP contribution >= 0.6 is 0 Å². The number of fused-ring (bicyclic) bond motifs is 3. The molecular formula is C25H22N4O5. The number of nitrogens with one attached hydrogen (secondary N) is 2. The van der Waals surface area contributed by atoms with Gasteiger partial charge in [-0.1, -0.05) is 48.5 Å². The maximum absolute atomic E-state index is 12.6. The minimum absolute atomic E-state index is 0.0563. The predicted octanol–water partition coefficient (Wildman–Crippen LogP) is 2.84. The number of aromatic nitrogens is 2. The van der Waals surface area contributed by atoms with Crippen molar-refractivity contribution in [1.82, 2.24) is 15.1 Å². The fourth-order valence-corrected chi connectivity index (χ4v) is 3.99. The molecule has 1 unspecified atom stereocenters. The fraction of sp³-hybridized carbons (Fsp3) is 0.200. The summed E-state index contributed by atoms with van der Waals surface area (Å²) in [5, 5.41) is 17.8. The maximum Gasteiger partial charge on any atom is 0.407 e. The highest BCUT2D eigenvalue weighted by molar-refractivity contribution is 5.96. The Kier molecular flexibility index (Phi) is 6.59. The first-order valence-electron chi connectivity index (χ1n) is 10.6. The zero-order chi connectivity index (χ0) is 24.1. The van der Waals surface area contributed by atoms with E-state index in [2.05, 4.69) is 21.7 Å². The van der Waals surface area contributed by atoms with Crippen molar-refractivity contribution in [2.75, 3.05) is 11.9 Å². The van der Waals surface area contributed by atoms with Crippen LogP contribution in [0.5, 0.6) is 0 Å². The molecule has 0 bridgehead atoms. The first kappa shape index (κ1) is 22.6. The third-order valence-electron chi connectivity index (χ3n) is 5.47. The standard InChI is InChI=1S/C25H22N4O5/c1-2-7-22(24(32)27-16-12-26-29(13-16)14-23(30)31)28-25(33)34-15-21-19-10-5-3-8-17(19)18-9-4-6-11-20(18)21/h1,3-6,8-13,21-22H,7,14-15H2,(H,27,32)(H,28,33)(H,30,31). The molecule has 172 valence electrons. The summed E-state index contributed by atoms with van der Waals surface area (Å²) in [5.41, 5.74) is 4.66. The van der Waals surface area contributed by atoms with Gasteiger partial charge in [-0.2, -0.15) is 5.10 Å². The predicted molar refractivity (Wildman–Crippen MR) is 124 cm³/mol. The molecule has 0 aliphatic heterocycles. The molecular weight excluding hydrogens is 436 g/mol. The lowest BCUT2D eigenvalue weighted by atomic mass is 9.98. The summed E-state index contributed by atoms with van der Waals surface area (Å²) in [5.74, 6) is 0.617. The highest BCUT2D eigenvalue weighted by Gasteiger charge is 2.29. The quantitative estimate of drug-likeness (QED) is 0.446. The van der Waals surface area contributed by atoms with Gasteiger partial charge in [0.1, 0.15) is 19.2 Å². The number of terminal acetylenes is 1. The zero-order valence-electron chi connectivity index (χ0n) is 18.1. The van der Waals surface area contributed by atoms with Crippen molar-refractivity contribution in [2.45, 2.75) is 24.9 Å². The largest absolute Gasteiger partial charge is 0.480 e. The molecule has 1 aliphatic rings. The van der Waals surface area contributed by atoms with Gasteiger partial charge in [-0.25, -0.2) is 4.79 Å². The van der Waals surface area contributed by atoms with Crippen LogP contribution in [-0.4, -0.2) is 45.5 Å². The summed E-state index contributed by atoms with van der Waals surface area (Å²) >= 11 is 0. The fourth-order valence-electron chi connectivity index (χ4n) is 3.99. The van der Waals surface area contributed by atoms with E-state index in [0.29, 0.717) is 0 Å². The van der Waals surface area contributed by atoms with E-state index in [9.17, 15) is 14.4 Å². The minimum atomic E-state index is -1.07. The van der Waals surface area contributed by atoms with E-state index in [1.54, 1.807) is 0 Å². The number of hydrogen-bond acceptors (Lipinski definition) is 5. The first-order chi connectivity index (χ1) is 16.5. The molecule has 0 spiro atoms. The van der Waals surface area contributed by atoms with Crippen molar-refractivity contribution >= 4 is 23.7 Å². The number of rotatable bonds is 8. The van der Waals surface area contributed by atoms with Crippen molar-refractivity contribution < 1.29 is 24.2 Å². The number of hydrogen-bond donors (Lipinski definition) is 3. The van der Waals surface area contributed by atoms with Crippen LogP contribution in [0, 0.1) is 12.3 Å². The Morgan fingerprint density at radius 2 is 1.76 bits per heavy atom. The Balaban J connectivity index is 1.38. The van der Waals surface area contributed by atoms with E-state index in [1.807, 2.05) is 48.5 Å². The number of amides is 2. The van der Waals surface area contributed by atoms with Gasteiger partial charge < -0.3 is 20.5 Å². The van der Waals surface area contributed by atoms with Gasteiger partial charge in [0.05, 0.1) is 11.9 Å². The lowest BCUT2D eigenvalue weighted by molar-refractivity contribution is -0.137. The first-order valence-corrected chi connectivity index (χ1v) is 10.6. The second kappa shape index (κ2) is 9.92. The van der Waals surface area contributed by atoms with E-state index in [4.69, 9.17) is 16.3 Å². The number of alkyl carbamates (subject to hydrolysis) is 1. The average Bonchev–Trinajstić information content (AvgIpc) is 3.38. The molecule has 3 N–H and O–H groups in total. The van der Waals surface area contributed by atoms with Crippen molar-refractivity contribution in [1.29, 1.82) is 0 Å². The molecule has 0 radical (unpaired) electrons. The van der Waals surface area contributed by atoms with Crippen molar-refractivity contribution in [2.24, 2.45) is 0 Å². The van der Waals surface area contributed by atoms with Gasteiger partial charge in [-0.3, -0.25) is 14.3 Å². The van der Waals surface area contributed by atoms with Crippen molar-refractivity contribution in [3.05, 3.63) is 72.1 Å². The third-order valence-corrected chi connectivity index (χ3v) is 5.47. The van der Waals surface area contributed by atoms with Crippen LogP contribution in [-0.2, 0) is 20.9 Å². The molecule has 2 amide bonds. The number of ether oxygens (including phenoxy) is 1. The summed E-state index contributed by atoms with van der Waals surface area (Å²) in [7, 11) is 0. The van der Waals surface area contributed by atoms with E-state index < -0.39 is 24.0 Å². The number of anilines is 1. The number of benzene rings is 2. The van der Waals surface area contributed by atoms with Crippen molar-refractivity contribution in [3.63, 3.8) is 0 Å². The average molecular weight is 458 g/mol. The lowest BCUT2D eigenvalue weighted by Crippen LogP contribution is -2.44. The third kappa shape index (κ3) is 4.91. The number of carboxylic acid groups (broad SMARTS) is 1. The van der Waals surface area contributed by atoms with Gasteiger partial charge >= 0.3 is 12.1 Å². The van der Waals surface area contributed by atoms with Crippen LogP contribution in [0.15, 0.2) is 60.9 Å². The van der Waals surface area contributed by atoms with Gasteiger partial charge in [0.15, 0.2) is 0 Å². The Labute approximate surface area is 195 Å². The SMILES string of the molecule is C#CCC(NC(=O)OCC1c2ccccc2-c2ccccc21)C(=O)Nc1cnn(CC(=O)O)c1. The monoisotopic (exact) mass is 458 g/mol. The molecule has 1 aromatic heterocycles. The van der Waals surface area contributed by atoms with Crippen LogP contribution in [0.2, 0.25) is 0 Å². The van der Waals surface area contributed by atoms with Gasteiger partial charge in [-0.15, -0.1) is 12.3 Å². The second-order valence-corrected chi connectivity index (χ2v) is 7.74. The lowest BCUT2D eigenvalue weighted by Gasteiger charge is -2.18. The normalized spacial score (nSPS) is 12.7. The molecule has 2 aromatic carbocycles. The van der Waals surface area contributed by atoms with Crippen LogP contribution in [0.4, 0.5) is 10.5 Å². The van der Waals surface area contributed by atoms with Crippen LogP contribution in [0.1, 0.15) is 23.5 Å². The Morgan fingerprint density at radius 3 is 2.38 bits per heavy atom. The molecule has 0 saturated heterocycles. The molecule has 1 heterocycles. The van der Waals surface area contributed by atoms with E-state index >= 15 is 0 Å². The molecule has 1 atom stereocenters. The molecule has 4 rings (SSSR count). The smallest absolute Gasteiger partial charge is 0.407 e. The molecule has 0 saturated carbocycles. The van der Waals surface area contributed by atoms with E-state index in [0.717, 1.165) is 26.9 Å². The highest BCUT2D eigenvalue weighted by atomic mass is 16.5. The van der Waals surface area contributed by atoms with Crippen molar-refractivity contribution in [3.8, 4) is 23.5 Å². The Hall–Kier alpha value is -4.58. The summed E-state index contributed by atoms with van der Waals surface area (Å²) < 4.78 is 6.64. The number of carbonyl (C=O) groups excluding carboxylic acids is 2.